The molecule has 0 bridgehead atoms. The van der Waals surface area contributed by atoms with E-state index >= 15 is 8.78 Å². The van der Waals surface area contributed by atoms with Crippen LogP contribution in [0.5, 0.6) is 0 Å². The van der Waals surface area contributed by atoms with Crippen molar-refractivity contribution in [3.05, 3.63) is 193 Å². The summed E-state index contributed by atoms with van der Waals surface area (Å²) in [6.45, 7) is 6.72. The fourth-order valence-electron chi connectivity index (χ4n) is 10.6. The van der Waals surface area contributed by atoms with Gasteiger partial charge in [-0.3, -0.25) is 0 Å². The van der Waals surface area contributed by atoms with Gasteiger partial charge in [-0.25, -0.2) is 8.78 Å². The van der Waals surface area contributed by atoms with Gasteiger partial charge in [-0.1, -0.05) is 130 Å². The van der Waals surface area contributed by atoms with E-state index in [2.05, 4.69) is 157 Å². The summed E-state index contributed by atoms with van der Waals surface area (Å²) < 4.78 is 43.4. The van der Waals surface area contributed by atoms with Crippen LogP contribution in [0, 0.1) is 11.6 Å². The smallest absolute Gasteiger partial charge is 0.131 e. The highest BCUT2D eigenvalue weighted by molar-refractivity contribution is 7.26. The first-order valence-electron chi connectivity index (χ1n) is 21.6. The Kier molecular flexibility index (Phi) is 8.01. The number of hydrogen-bond acceptors (Lipinski definition) is 2. The van der Waals surface area contributed by atoms with Gasteiger partial charge in [0.25, 0.3) is 0 Å². The van der Waals surface area contributed by atoms with E-state index in [-0.39, 0.29) is 11.6 Å². The number of hydrogen-bond donors (Lipinski definition) is 0. The Balaban J connectivity index is 1.31. The molecule has 9 aromatic carbocycles. The summed E-state index contributed by atoms with van der Waals surface area (Å²) in [7, 11) is 0. The molecule has 0 amide bonds. The second-order valence-electron chi connectivity index (χ2n) is 17.8. The Bertz CT molecular complexity index is 3840. The number of nitrogens with zero attached hydrogens (tertiary/aromatic N) is 2. The van der Waals surface area contributed by atoms with Gasteiger partial charge in [0.2, 0.25) is 0 Å². The molecule has 306 valence electrons. The fraction of sp³-hybridized carbons (Fsp3) is 0.0690. The SMILES string of the molecule is CC(C)(C)c1c(-n2c3ccccc3c3c4c(ccc32)sc2ccccc24)c(-c2ccccc2F)cc(-c2ccccc2F)c1-n1c2ccccc2c2c3c(ccc21)sc1ccccc13. The van der Waals surface area contributed by atoms with Crippen LogP contribution in [0.1, 0.15) is 26.3 Å². The molecule has 0 N–H and O–H groups in total. The first kappa shape index (κ1) is 37.4. The van der Waals surface area contributed by atoms with Gasteiger partial charge in [-0.15, -0.1) is 22.7 Å². The van der Waals surface area contributed by atoms with Crippen LogP contribution in [-0.2, 0) is 5.41 Å². The molecule has 13 aromatic rings. The quantitative estimate of drug-likeness (QED) is 0.167. The summed E-state index contributed by atoms with van der Waals surface area (Å²) in [6, 6.07) is 59.6. The third kappa shape index (κ3) is 5.21. The Morgan fingerprint density at radius 3 is 1.19 bits per heavy atom. The van der Waals surface area contributed by atoms with Crippen LogP contribution in [0.2, 0.25) is 0 Å². The van der Waals surface area contributed by atoms with Crippen molar-refractivity contribution in [1.29, 1.82) is 0 Å². The van der Waals surface area contributed by atoms with Crippen LogP contribution in [0.4, 0.5) is 8.78 Å². The summed E-state index contributed by atoms with van der Waals surface area (Å²) in [6.07, 6.45) is 0. The lowest BCUT2D eigenvalue weighted by atomic mass is 9.79. The lowest BCUT2D eigenvalue weighted by Crippen LogP contribution is -2.21. The third-order valence-electron chi connectivity index (χ3n) is 13.2. The van der Waals surface area contributed by atoms with E-state index in [0.717, 1.165) is 60.5 Å². The maximum absolute atomic E-state index is 16.9. The van der Waals surface area contributed by atoms with Gasteiger partial charge in [0.1, 0.15) is 11.6 Å². The standard InChI is InChI=1S/C58H38F2N2S2/c1-58(2,3)55-56(61-43-24-12-6-18-35(43)51-45(61)28-30-49-53(51)37-20-8-14-26-47(37)63-49)39(33-16-4-10-22-41(33)59)32-40(34-17-5-11-23-42(34)60)57(55)62-44-25-13-7-19-36(44)52-46(62)29-31-50-54(52)38-21-9-15-27-48(38)64-50/h4-32H,1-3H3. The minimum atomic E-state index is -0.584. The van der Waals surface area contributed by atoms with Crippen molar-refractivity contribution < 1.29 is 8.78 Å². The molecule has 0 radical (unpaired) electrons. The number of rotatable bonds is 4. The van der Waals surface area contributed by atoms with Crippen molar-refractivity contribution in [2.24, 2.45) is 0 Å². The van der Waals surface area contributed by atoms with Crippen LogP contribution < -0.4 is 0 Å². The predicted octanol–water partition coefficient (Wildman–Crippen LogP) is 17.5. The van der Waals surface area contributed by atoms with Gasteiger partial charge in [0.15, 0.2) is 0 Å². The van der Waals surface area contributed by atoms with Crippen molar-refractivity contribution in [1.82, 2.24) is 9.13 Å². The molecular formula is C58H38F2N2S2. The first-order chi connectivity index (χ1) is 31.3. The molecule has 64 heavy (non-hydrogen) atoms. The molecule has 0 spiro atoms. The largest absolute Gasteiger partial charge is 0.308 e. The zero-order chi connectivity index (χ0) is 43.0. The zero-order valence-electron chi connectivity index (χ0n) is 35.2. The van der Waals surface area contributed by atoms with E-state index < -0.39 is 5.41 Å². The van der Waals surface area contributed by atoms with E-state index in [9.17, 15) is 0 Å². The molecule has 0 saturated heterocycles. The average molecular weight is 865 g/mol. The van der Waals surface area contributed by atoms with Crippen molar-refractivity contribution in [3.63, 3.8) is 0 Å². The van der Waals surface area contributed by atoms with E-state index in [0.29, 0.717) is 22.3 Å². The van der Waals surface area contributed by atoms with Crippen LogP contribution in [-0.4, -0.2) is 9.13 Å². The van der Waals surface area contributed by atoms with E-state index in [4.69, 9.17) is 0 Å². The second kappa shape index (κ2) is 13.7. The van der Waals surface area contributed by atoms with Crippen molar-refractivity contribution in [2.75, 3.05) is 0 Å². The molecule has 0 saturated carbocycles. The molecular weight excluding hydrogens is 827 g/mol. The van der Waals surface area contributed by atoms with Gasteiger partial charge >= 0.3 is 0 Å². The number of para-hydroxylation sites is 2. The zero-order valence-corrected chi connectivity index (χ0v) is 36.8. The van der Waals surface area contributed by atoms with Crippen LogP contribution >= 0.6 is 22.7 Å². The maximum Gasteiger partial charge on any atom is 0.131 e. The summed E-state index contributed by atoms with van der Waals surface area (Å²) in [5, 5.41) is 9.43. The van der Waals surface area contributed by atoms with Crippen LogP contribution in [0.3, 0.4) is 0 Å². The van der Waals surface area contributed by atoms with E-state index in [1.807, 2.05) is 46.9 Å². The molecule has 13 rings (SSSR count). The highest BCUT2D eigenvalue weighted by Crippen LogP contribution is 2.52. The lowest BCUT2D eigenvalue weighted by molar-refractivity contribution is 0.584. The van der Waals surface area contributed by atoms with Gasteiger partial charge in [0, 0.05) is 89.7 Å². The summed E-state index contributed by atoms with van der Waals surface area (Å²) in [5.74, 6) is -0.683. The van der Waals surface area contributed by atoms with Crippen molar-refractivity contribution in [2.45, 2.75) is 26.2 Å². The second-order valence-corrected chi connectivity index (χ2v) is 20.0. The Morgan fingerprint density at radius 1 is 0.359 bits per heavy atom. The molecule has 0 aliphatic heterocycles. The monoisotopic (exact) mass is 864 g/mol. The number of benzene rings is 9. The maximum atomic E-state index is 16.9. The van der Waals surface area contributed by atoms with Crippen molar-refractivity contribution >= 4 is 107 Å². The van der Waals surface area contributed by atoms with E-state index in [1.54, 1.807) is 12.1 Å². The summed E-state index contributed by atoms with van der Waals surface area (Å²) >= 11 is 3.62. The van der Waals surface area contributed by atoms with Crippen LogP contribution in [0.25, 0.3) is 118 Å². The molecule has 0 unspecified atom stereocenters. The number of fused-ring (bicyclic) bond motifs is 14. The highest BCUT2D eigenvalue weighted by atomic mass is 32.1. The lowest BCUT2D eigenvalue weighted by Gasteiger charge is -2.32. The Hall–Kier alpha value is -7.12. The van der Waals surface area contributed by atoms with Gasteiger partial charge in [0.05, 0.1) is 33.4 Å². The molecule has 0 fully saturated rings. The number of halogens is 2. The topological polar surface area (TPSA) is 9.86 Å². The normalized spacial score (nSPS) is 12.5. The average Bonchev–Trinajstić information content (AvgIpc) is 4.06. The molecule has 0 atom stereocenters. The molecule has 6 heteroatoms. The predicted molar refractivity (Wildman–Crippen MR) is 270 cm³/mol. The Morgan fingerprint density at radius 2 is 0.750 bits per heavy atom. The molecule has 0 aliphatic carbocycles. The number of aromatic nitrogens is 2. The summed E-state index contributed by atoms with van der Waals surface area (Å²) in [5.41, 5.74) is 8.49. The third-order valence-corrected chi connectivity index (χ3v) is 15.4. The highest BCUT2D eigenvalue weighted by Gasteiger charge is 2.34. The summed E-state index contributed by atoms with van der Waals surface area (Å²) in [4.78, 5) is 0. The Labute approximate surface area is 375 Å². The first-order valence-corrected chi connectivity index (χ1v) is 23.3. The molecule has 4 aromatic heterocycles. The minimum Gasteiger partial charge on any atom is -0.308 e. The number of thiophene rings is 2. The molecule has 4 heterocycles. The minimum absolute atomic E-state index is 0.341. The van der Waals surface area contributed by atoms with E-state index in [1.165, 1.54) is 52.5 Å². The van der Waals surface area contributed by atoms with Gasteiger partial charge in [-0.2, -0.15) is 0 Å². The molecule has 0 aliphatic rings. The van der Waals surface area contributed by atoms with Gasteiger partial charge in [-0.05, 0) is 72.1 Å². The molecule has 2 nitrogen and oxygen atoms in total. The van der Waals surface area contributed by atoms with Crippen LogP contribution in [0.15, 0.2) is 176 Å². The van der Waals surface area contributed by atoms with Crippen molar-refractivity contribution in [3.8, 4) is 33.6 Å². The van der Waals surface area contributed by atoms with Gasteiger partial charge < -0.3 is 9.13 Å². The fourth-order valence-corrected chi connectivity index (χ4v) is 12.9.